The zero-order chi connectivity index (χ0) is 20.7. The van der Waals surface area contributed by atoms with Gasteiger partial charge in [0.05, 0.1) is 6.61 Å². The predicted octanol–water partition coefficient (Wildman–Crippen LogP) is 2.17. The Morgan fingerprint density at radius 1 is 1.00 bits per heavy atom. The Labute approximate surface area is 173 Å². The molecule has 3 aromatic rings. The molecule has 0 spiro atoms. The van der Waals surface area contributed by atoms with Crippen LogP contribution in [0.2, 0.25) is 5.02 Å². The van der Waals surface area contributed by atoms with E-state index in [9.17, 15) is 20.4 Å². The topological polar surface area (TPSA) is 95.1 Å². The highest BCUT2D eigenvalue weighted by Crippen LogP contribution is 2.37. The van der Waals surface area contributed by atoms with Gasteiger partial charge in [-0.05, 0) is 36.8 Å². The van der Waals surface area contributed by atoms with Crippen LogP contribution in [0.5, 0.6) is 0 Å². The summed E-state index contributed by atoms with van der Waals surface area (Å²) < 4.78 is 7.85. The molecule has 2 heterocycles. The minimum Gasteiger partial charge on any atom is -0.394 e. The lowest BCUT2D eigenvalue weighted by atomic mass is 9.91. The van der Waals surface area contributed by atoms with Gasteiger partial charge in [0.15, 0.2) is 0 Å². The second-order valence-corrected chi connectivity index (χ2v) is 8.05. The smallest absolute Gasteiger partial charge is 0.114 e. The monoisotopic (exact) mass is 417 g/mol. The number of aliphatic hydroxyl groups is 4. The SMILES string of the molecule is Cc1ccc2c(c1)c([C@@H]1O[C@H](CO)[C@@H](O)[C@H](O)[C@H]1O)cn2Cc1ccc(Cl)cc1. The molecule has 2 aromatic carbocycles. The minimum absolute atomic E-state index is 0.454. The van der Waals surface area contributed by atoms with Gasteiger partial charge in [-0.3, -0.25) is 0 Å². The summed E-state index contributed by atoms with van der Waals surface area (Å²) in [5.74, 6) is 0. The number of aromatic nitrogens is 1. The van der Waals surface area contributed by atoms with E-state index in [-0.39, 0.29) is 0 Å². The fraction of sp³-hybridized carbons (Fsp3) is 0.364. The highest BCUT2D eigenvalue weighted by Gasteiger charge is 2.44. The van der Waals surface area contributed by atoms with E-state index in [1.165, 1.54) is 0 Å². The van der Waals surface area contributed by atoms with E-state index < -0.39 is 37.1 Å². The highest BCUT2D eigenvalue weighted by molar-refractivity contribution is 6.30. The van der Waals surface area contributed by atoms with Gasteiger partial charge >= 0.3 is 0 Å². The molecular weight excluding hydrogens is 394 g/mol. The lowest BCUT2D eigenvalue weighted by molar-refractivity contribution is -0.231. The second-order valence-electron chi connectivity index (χ2n) is 7.61. The molecular formula is C22H24ClNO5. The fourth-order valence-corrected chi connectivity index (χ4v) is 4.07. The molecule has 5 atom stereocenters. The van der Waals surface area contributed by atoms with E-state index in [1.807, 2.05) is 55.6 Å². The van der Waals surface area contributed by atoms with Crippen LogP contribution in [-0.2, 0) is 11.3 Å². The van der Waals surface area contributed by atoms with E-state index in [4.69, 9.17) is 16.3 Å². The Morgan fingerprint density at radius 3 is 2.41 bits per heavy atom. The van der Waals surface area contributed by atoms with Crippen molar-refractivity contribution in [3.8, 4) is 0 Å². The molecule has 1 aliphatic heterocycles. The summed E-state index contributed by atoms with van der Waals surface area (Å²) in [6, 6.07) is 13.6. The molecule has 29 heavy (non-hydrogen) atoms. The number of halogens is 1. The first-order chi connectivity index (χ1) is 13.9. The second kappa shape index (κ2) is 8.07. The number of hydrogen-bond donors (Lipinski definition) is 4. The van der Waals surface area contributed by atoms with Crippen LogP contribution in [0.4, 0.5) is 0 Å². The van der Waals surface area contributed by atoms with Crippen molar-refractivity contribution in [2.24, 2.45) is 0 Å². The van der Waals surface area contributed by atoms with Crippen molar-refractivity contribution in [3.05, 3.63) is 70.4 Å². The molecule has 6 nitrogen and oxygen atoms in total. The summed E-state index contributed by atoms with van der Waals surface area (Å²) in [7, 11) is 0. The lowest BCUT2D eigenvalue weighted by Gasteiger charge is -2.40. The zero-order valence-corrected chi connectivity index (χ0v) is 16.7. The number of ether oxygens (including phenoxy) is 1. The summed E-state index contributed by atoms with van der Waals surface area (Å²) in [5, 5.41) is 42.0. The first-order valence-electron chi connectivity index (χ1n) is 9.53. The van der Waals surface area contributed by atoms with Crippen molar-refractivity contribution >= 4 is 22.5 Å². The van der Waals surface area contributed by atoms with Crippen LogP contribution >= 0.6 is 11.6 Å². The Kier molecular flexibility index (Phi) is 5.66. The normalized spacial score (nSPS) is 27.4. The summed E-state index contributed by atoms with van der Waals surface area (Å²) in [4.78, 5) is 0. The van der Waals surface area contributed by atoms with E-state index in [0.717, 1.165) is 22.0 Å². The summed E-state index contributed by atoms with van der Waals surface area (Å²) in [6.45, 7) is 2.12. The molecule has 4 N–H and O–H groups in total. The van der Waals surface area contributed by atoms with Crippen LogP contribution in [0.1, 0.15) is 22.8 Å². The molecule has 1 aliphatic rings. The Bertz CT molecular complexity index is 1000. The molecule has 7 heteroatoms. The molecule has 0 unspecified atom stereocenters. The highest BCUT2D eigenvalue weighted by atomic mass is 35.5. The van der Waals surface area contributed by atoms with Crippen LogP contribution in [-0.4, -0.2) is 56.0 Å². The molecule has 0 radical (unpaired) electrons. The first-order valence-corrected chi connectivity index (χ1v) is 9.91. The van der Waals surface area contributed by atoms with Gasteiger partial charge in [0.25, 0.3) is 0 Å². The summed E-state index contributed by atoms with van der Waals surface area (Å²) in [5.41, 5.74) is 3.77. The van der Waals surface area contributed by atoms with Crippen molar-refractivity contribution in [1.82, 2.24) is 4.57 Å². The molecule has 0 aliphatic carbocycles. The largest absolute Gasteiger partial charge is 0.394 e. The number of nitrogens with zero attached hydrogens (tertiary/aromatic N) is 1. The van der Waals surface area contributed by atoms with Gasteiger partial charge in [-0.15, -0.1) is 0 Å². The number of rotatable bonds is 4. The molecule has 1 saturated heterocycles. The van der Waals surface area contributed by atoms with Crippen molar-refractivity contribution in [2.75, 3.05) is 6.61 Å². The third kappa shape index (κ3) is 3.80. The maximum Gasteiger partial charge on any atom is 0.114 e. The number of hydrogen-bond acceptors (Lipinski definition) is 5. The number of aryl methyl sites for hydroxylation is 1. The average Bonchev–Trinajstić information content (AvgIpc) is 3.05. The number of benzene rings is 2. The van der Waals surface area contributed by atoms with E-state index in [2.05, 4.69) is 4.57 Å². The lowest BCUT2D eigenvalue weighted by Crippen LogP contribution is -2.55. The zero-order valence-electron chi connectivity index (χ0n) is 15.9. The molecule has 0 amide bonds. The van der Waals surface area contributed by atoms with Gasteiger partial charge in [-0.2, -0.15) is 0 Å². The summed E-state index contributed by atoms with van der Waals surface area (Å²) in [6.07, 6.45) is -4.03. The van der Waals surface area contributed by atoms with Gasteiger partial charge in [0.2, 0.25) is 0 Å². The van der Waals surface area contributed by atoms with Crippen LogP contribution < -0.4 is 0 Å². The maximum absolute atomic E-state index is 10.6. The predicted molar refractivity (Wildman–Crippen MR) is 110 cm³/mol. The quantitative estimate of drug-likeness (QED) is 0.522. The fourth-order valence-electron chi connectivity index (χ4n) is 3.94. The average molecular weight is 418 g/mol. The van der Waals surface area contributed by atoms with E-state index >= 15 is 0 Å². The van der Waals surface area contributed by atoms with Crippen LogP contribution in [0, 0.1) is 6.92 Å². The van der Waals surface area contributed by atoms with E-state index in [1.54, 1.807) is 0 Å². The van der Waals surface area contributed by atoms with E-state index in [0.29, 0.717) is 17.1 Å². The van der Waals surface area contributed by atoms with Crippen molar-refractivity contribution < 1.29 is 25.2 Å². The Hall–Kier alpha value is -1.93. The van der Waals surface area contributed by atoms with Gasteiger partial charge in [-0.1, -0.05) is 35.4 Å². The molecule has 1 aromatic heterocycles. The van der Waals surface area contributed by atoms with Gasteiger partial charge in [-0.25, -0.2) is 0 Å². The minimum atomic E-state index is -1.41. The Morgan fingerprint density at radius 2 is 1.72 bits per heavy atom. The molecule has 0 bridgehead atoms. The van der Waals surface area contributed by atoms with Gasteiger partial charge < -0.3 is 29.7 Å². The van der Waals surface area contributed by atoms with Crippen LogP contribution in [0.3, 0.4) is 0 Å². The van der Waals surface area contributed by atoms with Crippen molar-refractivity contribution in [1.29, 1.82) is 0 Å². The molecule has 154 valence electrons. The van der Waals surface area contributed by atoms with Gasteiger partial charge in [0.1, 0.15) is 30.5 Å². The third-order valence-corrected chi connectivity index (χ3v) is 5.78. The van der Waals surface area contributed by atoms with Gasteiger partial charge in [0, 0.05) is 34.2 Å². The molecule has 4 rings (SSSR count). The number of aliphatic hydroxyl groups excluding tert-OH is 4. The maximum atomic E-state index is 10.6. The summed E-state index contributed by atoms with van der Waals surface area (Å²) >= 11 is 5.99. The molecule has 1 fully saturated rings. The first kappa shape index (κ1) is 20.3. The van der Waals surface area contributed by atoms with Crippen molar-refractivity contribution in [2.45, 2.75) is 44.0 Å². The molecule has 0 saturated carbocycles. The Balaban J connectivity index is 1.78. The standard InChI is InChI=1S/C22H24ClNO5/c1-12-2-7-17-15(8-12)16(10-24(17)9-13-3-5-14(23)6-4-13)22-21(28)20(27)19(26)18(11-25)29-22/h2-8,10,18-22,25-28H,9,11H2,1H3/t18-,19-,20+,21-,22+/m1/s1. The number of fused-ring (bicyclic) bond motifs is 1. The van der Waals surface area contributed by atoms with Crippen molar-refractivity contribution in [3.63, 3.8) is 0 Å². The van der Waals surface area contributed by atoms with Crippen LogP contribution in [0.25, 0.3) is 10.9 Å². The van der Waals surface area contributed by atoms with Crippen LogP contribution in [0.15, 0.2) is 48.7 Å². The third-order valence-electron chi connectivity index (χ3n) is 5.53.